The van der Waals surface area contributed by atoms with Gasteiger partial charge in [-0.2, -0.15) is 4.98 Å². The number of para-hydroxylation sites is 1. The smallest absolute Gasteiger partial charge is 0.231 e. The lowest BCUT2D eigenvalue weighted by Gasteiger charge is -2.13. The lowest BCUT2D eigenvalue weighted by Crippen LogP contribution is -1.95. The average Bonchev–Trinajstić information content (AvgIpc) is 3.56. The highest BCUT2D eigenvalue weighted by molar-refractivity contribution is 6.15. The Hall–Kier alpha value is -6.58. The van der Waals surface area contributed by atoms with E-state index >= 15 is 0 Å². The molecule has 0 unspecified atom stereocenters. The van der Waals surface area contributed by atoms with Gasteiger partial charge in [-0.05, 0) is 78.8 Å². The van der Waals surface area contributed by atoms with Gasteiger partial charge in [0.25, 0.3) is 0 Å². The van der Waals surface area contributed by atoms with Gasteiger partial charge in [-0.1, -0.05) is 146 Å². The minimum Gasteiger partial charge on any atom is -0.438 e. The van der Waals surface area contributed by atoms with Gasteiger partial charge in [0.05, 0.1) is 11.1 Å². The molecule has 0 fully saturated rings. The normalized spacial score (nSPS) is 11.7. The molecule has 0 spiro atoms. The van der Waals surface area contributed by atoms with Gasteiger partial charge in [-0.15, -0.1) is 0 Å². The maximum Gasteiger partial charge on any atom is 0.231 e. The van der Waals surface area contributed by atoms with Gasteiger partial charge in [-0.25, -0.2) is 4.98 Å². The third-order valence-corrected chi connectivity index (χ3v) is 9.68. The van der Waals surface area contributed by atoms with E-state index in [2.05, 4.69) is 152 Å². The predicted molar refractivity (Wildman–Crippen MR) is 204 cm³/mol. The van der Waals surface area contributed by atoms with Gasteiger partial charge in [-0.3, -0.25) is 0 Å². The van der Waals surface area contributed by atoms with E-state index in [1.54, 1.807) is 0 Å². The summed E-state index contributed by atoms with van der Waals surface area (Å²) in [4.78, 5) is 10.3. The number of benzene rings is 8. The fraction of sp³-hybridized carbons (Fsp3) is 0. The van der Waals surface area contributed by atoms with Crippen LogP contribution in [0.2, 0.25) is 0 Å². The van der Waals surface area contributed by atoms with E-state index in [-0.39, 0.29) is 0 Å². The first kappa shape index (κ1) is 27.5. The van der Waals surface area contributed by atoms with Gasteiger partial charge < -0.3 is 4.42 Å². The van der Waals surface area contributed by atoms with E-state index in [1.165, 1.54) is 38.1 Å². The summed E-state index contributed by atoms with van der Waals surface area (Å²) >= 11 is 0. The Kier molecular flexibility index (Phi) is 6.18. The molecule has 0 N–H and O–H groups in total. The van der Waals surface area contributed by atoms with Crippen molar-refractivity contribution in [2.75, 3.05) is 0 Å². The zero-order valence-corrected chi connectivity index (χ0v) is 26.5. The Labute approximate surface area is 282 Å². The molecular weight excluding hydrogens is 597 g/mol. The van der Waals surface area contributed by atoms with Crippen LogP contribution in [0.3, 0.4) is 0 Å². The number of aromatic nitrogens is 2. The second-order valence-corrected chi connectivity index (χ2v) is 12.6. The number of fused-ring (bicyclic) bond motifs is 7. The summed E-state index contributed by atoms with van der Waals surface area (Å²) < 4.78 is 6.38. The first-order chi connectivity index (χ1) is 24.3. The molecule has 10 aromatic rings. The lowest BCUT2D eigenvalue weighted by atomic mass is 9.91. The molecule has 3 heteroatoms. The van der Waals surface area contributed by atoms with Gasteiger partial charge >= 0.3 is 0 Å². The van der Waals surface area contributed by atoms with Crippen molar-refractivity contribution in [3.8, 4) is 44.9 Å². The molecule has 2 heterocycles. The van der Waals surface area contributed by atoms with Gasteiger partial charge in [0.15, 0.2) is 5.82 Å². The van der Waals surface area contributed by atoms with E-state index in [0.29, 0.717) is 11.5 Å². The Morgan fingerprint density at radius 1 is 0.367 bits per heavy atom. The van der Waals surface area contributed by atoms with Crippen LogP contribution < -0.4 is 0 Å². The van der Waals surface area contributed by atoms with Gasteiger partial charge in [0.2, 0.25) is 5.71 Å². The van der Waals surface area contributed by atoms with Crippen molar-refractivity contribution >= 4 is 54.4 Å². The molecule has 0 aliphatic rings. The number of hydrogen-bond donors (Lipinski definition) is 0. The van der Waals surface area contributed by atoms with Crippen LogP contribution in [0.25, 0.3) is 99.3 Å². The molecule has 0 radical (unpaired) electrons. The van der Waals surface area contributed by atoms with Crippen LogP contribution in [-0.2, 0) is 0 Å². The molecule has 0 aliphatic heterocycles. The fourth-order valence-corrected chi connectivity index (χ4v) is 7.38. The second kappa shape index (κ2) is 11.0. The highest BCUT2D eigenvalue weighted by Crippen LogP contribution is 2.40. The third kappa shape index (κ3) is 4.51. The molecule has 0 aliphatic carbocycles. The molecule has 8 aromatic carbocycles. The van der Waals surface area contributed by atoms with Crippen molar-refractivity contribution in [3.05, 3.63) is 170 Å². The molecule has 10 rings (SSSR count). The molecule has 0 bridgehead atoms. The second-order valence-electron chi connectivity index (χ2n) is 12.6. The van der Waals surface area contributed by atoms with Crippen LogP contribution in [0, 0.1) is 0 Å². The molecule has 228 valence electrons. The molecular formula is C46H28N2O. The van der Waals surface area contributed by atoms with E-state index in [9.17, 15) is 0 Å². The topological polar surface area (TPSA) is 38.9 Å². The maximum atomic E-state index is 6.38. The van der Waals surface area contributed by atoms with E-state index < -0.39 is 0 Å². The quantitative estimate of drug-likeness (QED) is 0.183. The highest BCUT2D eigenvalue weighted by Gasteiger charge is 2.20. The standard InChI is InChI=1S/C46H28N2O/c1-3-19-35-29(12-1)14-11-24-39(35)44-43-40-23-7-8-25-42(40)49-46(43)48-45(47-44)34-18-10-16-31(27-34)30-15-9-17-32(26-30)41-28-33-13-2-4-20-36(33)37-21-5-6-22-38(37)41/h1-28H. The van der Waals surface area contributed by atoms with Crippen LogP contribution >= 0.6 is 0 Å². The van der Waals surface area contributed by atoms with Gasteiger partial charge in [0.1, 0.15) is 5.58 Å². The van der Waals surface area contributed by atoms with Gasteiger partial charge in [0, 0.05) is 16.5 Å². The molecule has 3 nitrogen and oxygen atoms in total. The van der Waals surface area contributed by atoms with Crippen LogP contribution in [0.4, 0.5) is 0 Å². The minimum atomic E-state index is 0.588. The minimum absolute atomic E-state index is 0.588. The van der Waals surface area contributed by atoms with Crippen molar-refractivity contribution in [1.29, 1.82) is 0 Å². The summed E-state index contributed by atoms with van der Waals surface area (Å²) in [5.74, 6) is 0.632. The van der Waals surface area contributed by atoms with Crippen molar-refractivity contribution in [2.24, 2.45) is 0 Å². The summed E-state index contributed by atoms with van der Waals surface area (Å²) in [5, 5.41) is 9.29. The number of furan rings is 1. The first-order valence-electron chi connectivity index (χ1n) is 16.6. The number of rotatable bonds is 4. The van der Waals surface area contributed by atoms with Crippen LogP contribution in [0.5, 0.6) is 0 Å². The van der Waals surface area contributed by atoms with E-state index in [0.717, 1.165) is 49.7 Å². The molecule has 0 atom stereocenters. The van der Waals surface area contributed by atoms with Crippen LogP contribution in [0.1, 0.15) is 0 Å². The third-order valence-electron chi connectivity index (χ3n) is 9.68. The molecule has 2 aromatic heterocycles. The SMILES string of the molecule is c1cc(-c2cccc(-c3cc4ccccc4c4ccccc34)c2)cc(-c2nc(-c3cccc4ccccc34)c3c(n2)oc2ccccc23)c1. The van der Waals surface area contributed by atoms with E-state index in [1.807, 2.05) is 18.2 Å². The predicted octanol–water partition coefficient (Wildman–Crippen LogP) is 12.5. The molecule has 0 saturated carbocycles. The first-order valence-corrected chi connectivity index (χ1v) is 16.6. The van der Waals surface area contributed by atoms with E-state index in [4.69, 9.17) is 14.4 Å². The highest BCUT2D eigenvalue weighted by atomic mass is 16.3. The van der Waals surface area contributed by atoms with Crippen LogP contribution in [-0.4, -0.2) is 9.97 Å². The van der Waals surface area contributed by atoms with Crippen molar-refractivity contribution in [2.45, 2.75) is 0 Å². The molecule has 0 amide bonds. The fourth-order valence-electron chi connectivity index (χ4n) is 7.38. The summed E-state index contributed by atoms with van der Waals surface area (Å²) in [7, 11) is 0. The Balaban J connectivity index is 1.14. The Morgan fingerprint density at radius 2 is 0.959 bits per heavy atom. The zero-order chi connectivity index (χ0) is 32.3. The Bertz CT molecular complexity index is 2900. The summed E-state index contributed by atoms with van der Waals surface area (Å²) in [6.07, 6.45) is 0. The monoisotopic (exact) mass is 624 g/mol. The Morgan fingerprint density at radius 3 is 1.80 bits per heavy atom. The largest absolute Gasteiger partial charge is 0.438 e. The summed E-state index contributed by atoms with van der Waals surface area (Å²) in [5.41, 5.74) is 8.90. The summed E-state index contributed by atoms with van der Waals surface area (Å²) in [6.45, 7) is 0. The van der Waals surface area contributed by atoms with Crippen molar-refractivity contribution in [3.63, 3.8) is 0 Å². The number of hydrogen-bond acceptors (Lipinski definition) is 3. The van der Waals surface area contributed by atoms with Crippen LogP contribution in [0.15, 0.2) is 174 Å². The molecule has 49 heavy (non-hydrogen) atoms. The van der Waals surface area contributed by atoms with Crippen molar-refractivity contribution < 1.29 is 4.42 Å². The van der Waals surface area contributed by atoms with Crippen molar-refractivity contribution in [1.82, 2.24) is 9.97 Å². The average molecular weight is 625 g/mol. The lowest BCUT2D eigenvalue weighted by molar-refractivity contribution is 0.653. The zero-order valence-electron chi connectivity index (χ0n) is 26.5. The summed E-state index contributed by atoms with van der Waals surface area (Å²) in [6, 6.07) is 60.0. The molecule has 0 saturated heterocycles. The maximum absolute atomic E-state index is 6.38. The number of nitrogens with zero attached hydrogens (tertiary/aromatic N) is 2.